The van der Waals surface area contributed by atoms with E-state index in [1.807, 2.05) is 27.7 Å². The van der Waals surface area contributed by atoms with E-state index < -0.39 is 18.0 Å². The van der Waals surface area contributed by atoms with Crippen LogP contribution in [0.15, 0.2) is 0 Å². The predicted molar refractivity (Wildman–Crippen MR) is 126 cm³/mol. The molecular weight excluding hydrogens is 424 g/mol. The lowest BCUT2D eigenvalue weighted by Gasteiger charge is -2.26. The number of nitrogens with zero attached hydrogens (tertiary/aromatic N) is 1. The molecule has 33 heavy (non-hydrogen) atoms. The lowest BCUT2D eigenvalue weighted by atomic mass is 9.97. The van der Waals surface area contributed by atoms with Crippen LogP contribution in [0.1, 0.15) is 80.1 Å². The molecule has 1 rings (SSSR count). The Hall–Kier alpha value is -2.29. The third kappa shape index (κ3) is 9.61. The van der Waals surface area contributed by atoms with E-state index in [2.05, 4.69) is 16.0 Å². The fourth-order valence-electron chi connectivity index (χ4n) is 3.79. The zero-order valence-electron chi connectivity index (χ0n) is 21.0. The van der Waals surface area contributed by atoms with Crippen LogP contribution in [0.3, 0.4) is 0 Å². The number of likely N-dealkylation sites (tertiary alicyclic amines) is 1. The van der Waals surface area contributed by atoms with Crippen molar-refractivity contribution in [3.8, 4) is 0 Å². The first-order valence-corrected chi connectivity index (χ1v) is 12.2. The Morgan fingerprint density at radius 1 is 0.970 bits per heavy atom. The highest BCUT2D eigenvalue weighted by Crippen LogP contribution is 2.14. The van der Waals surface area contributed by atoms with Crippen LogP contribution >= 0.6 is 0 Å². The van der Waals surface area contributed by atoms with Gasteiger partial charge in [0.2, 0.25) is 23.6 Å². The normalized spacial score (nSPS) is 16.8. The first-order valence-electron chi connectivity index (χ1n) is 12.2. The molecular formula is C24H42N4O5. The fourth-order valence-corrected chi connectivity index (χ4v) is 3.79. The molecule has 0 aliphatic carbocycles. The first-order chi connectivity index (χ1) is 15.5. The summed E-state index contributed by atoms with van der Waals surface area (Å²) in [4.78, 5) is 62.4. The third-order valence-electron chi connectivity index (χ3n) is 5.96. The van der Waals surface area contributed by atoms with Crippen LogP contribution in [0.2, 0.25) is 0 Å². The van der Waals surface area contributed by atoms with Crippen LogP contribution in [0.25, 0.3) is 0 Å². The van der Waals surface area contributed by atoms with Gasteiger partial charge in [0, 0.05) is 31.3 Å². The average Bonchev–Trinajstić information content (AvgIpc) is 3.08. The molecule has 1 fully saturated rings. The van der Waals surface area contributed by atoms with E-state index in [1.54, 1.807) is 13.8 Å². The van der Waals surface area contributed by atoms with Crippen molar-refractivity contribution in [2.75, 3.05) is 13.1 Å². The summed E-state index contributed by atoms with van der Waals surface area (Å²) in [5.41, 5.74) is 0. The lowest BCUT2D eigenvalue weighted by molar-refractivity contribution is -0.138. The minimum absolute atomic E-state index is 0.0815. The number of imide groups is 1. The Bertz CT molecular complexity index is 691. The second kappa shape index (κ2) is 14.1. The Morgan fingerprint density at radius 2 is 1.58 bits per heavy atom. The molecule has 0 aromatic carbocycles. The highest BCUT2D eigenvalue weighted by molar-refractivity contribution is 6.01. The molecule has 4 amide bonds. The van der Waals surface area contributed by atoms with Gasteiger partial charge in [-0.2, -0.15) is 0 Å². The molecule has 9 heteroatoms. The van der Waals surface area contributed by atoms with Crippen molar-refractivity contribution >= 4 is 29.4 Å². The SMILES string of the molecule is CCC(C)[C@H](NC(C)C)C(=O)NCC(=O)N[C@@H](CCCCN1C(=O)CCC1=O)C(=O)C(C)C. The summed E-state index contributed by atoms with van der Waals surface area (Å²) < 4.78 is 0. The van der Waals surface area contributed by atoms with Gasteiger partial charge in [-0.15, -0.1) is 0 Å². The molecule has 3 atom stereocenters. The van der Waals surface area contributed by atoms with Crippen LogP contribution in [-0.2, 0) is 24.0 Å². The highest BCUT2D eigenvalue weighted by atomic mass is 16.2. The molecule has 0 saturated carbocycles. The summed E-state index contributed by atoms with van der Waals surface area (Å²) >= 11 is 0. The molecule has 1 aliphatic rings. The molecule has 0 radical (unpaired) electrons. The van der Waals surface area contributed by atoms with Crippen molar-refractivity contribution in [3.05, 3.63) is 0 Å². The summed E-state index contributed by atoms with van der Waals surface area (Å²) in [6, 6.07) is -0.937. The molecule has 0 aromatic rings. The van der Waals surface area contributed by atoms with Crippen LogP contribution < -0.4 is 16.0 Å². The van der Waals surface area contributed by atoms with Crippen LogP contribution in [0.5, 0.6) is 0 Å². The quantitative estimate of drug-likeness (QED) is 0.248. The molecule has 1 aliphatic heterocycles. The maximum atomic E-state index is 12.6. The van der Waals surface area contributed by atoms with E-state index in [0.717, 1.165) is 6.42 Å². The molecule has 188 valence electrons. The largest absolute Gasteiger partial charge is 0.346 e. The van der Waals surface area contributed by atoms with E-state index in [-0.39, 0.29) is 60.8 Å². The van der Waals surface area contributed by atoms with Gasteiger partial charge in [-0.1, -0.05) is 48.0 Å². The Kier molecular flexibility index (Phi) is 12.3. The van der Waals surface area contributed by atoms with Gasteiger partial charge in [0.05, 0.1) is 18.6 Å². The topological polar surface area (TPSA) is 125 Å². The number of rotatable bonds is 15. The fraction of sp³-hybridized carbons (Fsp3) is 0.792. The van der Waals surface area contributed by atoms with Crippen molar-refractivity contribution in [2.24, 2.45) is 11.8 Å². The standard InChI is InChI=1S/C24H42N4O5/c1-7-17(6)22(26-16(4)5)24(33)25-14-19(29)27-18(23(32)15(2)3)10-8-9-13-28-20(30)11-12-21(28)31/h15-18,22,26H,7-14H2,1-6H3,(H,25,33)(H,27,29)/t17?,18-,22-/m0/s1. The van der Waals surface area contributed by atoms with Crippen LogP contribution in [0.4, 0.5) is 0 Å². The first kappa shape index (κ1) is 28.7. The van der Waals surface area contributed by atoms with Gasteiger partial charge in [0.25, 0.3) is 0 Å². The van der Waals surface area contributed by atoms with Crippen LogP contribution in [-0.4, -0.2) is 65.5 Å². The molecule has 0 aromatic heterocycles. The van der Waals surface area contributed by atoms with Gasteiger partial charge in [-0.05, 0) is 25.2 Å². The number of carbonyl (C=O) groups is 5. The zero-order chi connectivity index (χ0) is 25.1. The number of amides is 4. The second-order valence-electron chi connectivity index (χ2n) is 9.51. The monoisotopic (exact) mass is 466 g/mol. The van der Waals surface area contributed by atoms with Gasteiger partial charge < -0.3 is 16.0 Å². The van der Waals surface area contributed by atoms with Crippen molar-refractivity contribution in [1.29, 1.82) is 0 Å². The molecule has 1 heterocycles. The van der Waals surface area contributed by atoms with E-state index in [0.29, 0.717) is 25.8 Å². The van der Waals surface area contributed by atoms with Crippen molar-refractivity contribution in [2.45, 2.75) is 98.2 Å². The summed E-state index contributed by atoms with van der Waals surface area (Å²) in [5.74, 6) is -1.18. The second-order valence-corrected chi connectivity index (χ2v) is 9.51. The number of hydrogen-bond donors (Lipinski definition) is 3. The van der Waals surface area contributed by atoms with Crippen molar-refractivity contribution < 1.29 is 24.0 Å². The Morgan fingerprint density at radius 3 is 2.09 bits per heavy atom. The molecule has 0 bridgehead atoms. The van der Waals surface area contributed by atoms with Gasteiger partial charge >= 0.3 is 0 Å². The Balaban J connectivity index is 2.58. The number of nitrogens with one attached hydrogen (secondary N) is 3. The number of hydrogen-bond acceptors (Lipinski definition) is 6. The molecule has 0 spiro atoms. The summed E-state index contributed by atoms with van der Waals surface area (Å²) in [7, 11) is 0. The molecule has 1 unspecified atom stereocenters. The van der Waals surface area contributed by atoms with Gasteiger partial charge in [-0.25, -0.2) is 0 Å². The highest BCUT2D eigenvalue weighted by Gasteiger charge is 2.29. The van der Waals surface area contributed by atoms with Crippen LogP contribution in [0, 0.1) is 11.8 Å². The summed E-state index contributed by atoms with van der Waals surface area (Å²) in [6.45, 7) is 11.6. The average molecular weight is 467 g/mol. The van der Waals surface area contributed by atoms with Gasteiger partial charge in [0.15, 0.2) is 5.78 Å². The summed E-state index contributed by atoms with van der Waals surface area (Å²) in [6.07, 6.45) is 2.92. The van der Waals surface area contributed by atoms with Crippen molar-refractivity contribution in [3.63, 3.8) is 0 Å². The predicted octanol–water partition coefficient (Wildman–Crippen LogP) is 1.54. The van der Waals surface area contributed by atoms with E-state index in [9.17, 15) is 24.0 Å². The number of carbonyl (C=O) groups excluding carboxylic acids is 5. The minimum Gasteiger partial charge on any atom is -0.346 e. The molecule has 9 nitrogen and oxygen atoms in total. The number of unbranched alkanes of at least 4 members (excludes halogenated alkanes) is 1. The lowest BCUT2D eigenvalue weighted by Crippen LogP contribution is -2.53. The third-order valence-corrected chi connectivity index (χ3v) is 5.96. The van der Waals surface area contributed by atoms with Gasteiger partial charge in [-0.3, -0.25) is 28.9 Å². The zero-order valence-corrected chi connectivity index (χ0v) is 21.0. The van der Waals surface area contributed by atoms with Gasteiger partial charge in [0.1, 0.15) is 0 Å². The maximum Gasteiger partial charge on any atom is 0.239 e. The minimum atomic E-state index is -0.668. The molecule has 3 N–H and O–H groups in total. The van der Waals surface area contributed by atoms with E-state index in [4.69, 9.17) is 0 Å². The van der Waals surface area contributed by atoms with E-state index >= 15 is 0 Å². The number of Topliss-reactive ketones (excluding diaryl/α,β-unsaturated/α-hetero) is 1. The molecule has 1 saturated heterocycles. The maximum absolute atomic E-state index is 12.6. The summed E-state index contributed by atoms with van der Waals surface area (Å²) in [5, 5.41) is 8.68. The number of ketones is 1. The Labute approximate surface area is 197 Å². The smallest absolute Gasteiger partial charge is 0.239 e. The van der Waals surface area contributed by atoms with E-state index in [1.165, 1.54) is 4.90 Å². The van der Waals surface area contributed by atoms with Crippen molar-refractivity contribution in [1.82, 2.24) is 20.9 Å².